The summed E-state index contributed by atoms with van der Waals surface area (Å²) in [5, 5.41) is 6.80. The molecule has 0 unspecified atom stereocenters. The molecule has 0 aromatic carbocycles. The fourth-order valence-corrected chi connectivity index (χ4v) is 2.59. The van der Waals surface area contributed by atoms with Crippen LogP contribution in [-0.4, -0.2) is 36.3 Å². The SMILES string of the molecule is COCCCNc1nc(C)cc(NC2CCCCC2)n1. The summed E-state index contributed by atoms with van der Waals surface area (Å²) in [7, 11) is 1.72. The van der Waals surface area contributed by atoms with Crippen LogP contribution in [0.3, 0.4) is 0 Å². The Bertz CT molecular complexity index is 405. The Morgan fingerprint density at radius 2 is 2.05 bits per heavy atom. The van der Waals surface area contributed by atoms with E-state index in [1.54, 1.807) is 7.11 Å². The van der Waals surface area contributed by atoms with Gasteiger partial charge in [-0.15, -0.1) is 0 Å². The van der Waals surface area contributed by atoms with Crippen molar-refractivity contribution in [1.29, 1.82) is 0 Å². The Kier molecular flexibility index (Phi) is 6.05. The number of anilines is 2. The van der Waals surface area contributed by atoms with Crippen LogP contribution in [0.1, 0.15) is 44.2 Å². The van der Waals surface area contributed by atoms with E-state index in [0.717, 1.165) is 31.1 Å². The molecule has 5 nitrogen and oxygen atoms in total. The van der Waals surface area contributed by atoms with Gasteiger partial charge in [0.1, 0.15) is 5.82 Å². The maximum absolute atomic E-state index is 5.03. The van der Waals surface area contributed by atoms with E-state index < -0.39 is 0 Å². The van der Waals surface area contributed by atoms with Crippen LogP contribution in [0.5, 0.6) is 0 Å². The minimum atomic E-state index is 0.569. The third-order valence-electron chi connectivity index (χ3n) is 3.62. The lowest BCUT2D eigenvalue weighted by Crippen LogP contribution is -2.23. The van der Waals surface area contributed by atoms with Gasteiger partial charge < -0.3 is 15.4 Å². The topological polar surface area (TPSA) is 59.1 Å². The standard InChI is InChI=1S/C15H26N4O/c1-12-11-14(18-13-7-4-3-5-8-13)19-15(17-12)16-9-6-10-20-2/h11,13H,3-10H2,1-2H3,(H2,16,17,18,19). The number of nitrogens with zero attached hydrogens (tertiary/aromatic N) is 2. The van der Waals surface area contributed by atoms with Crippen molar-refractivity contribution in [1.82, 2.24) is 9.97 Å². The predicted molar refractivity (Wildman–Crippen MR) is 82.2 cm³/mol. The molecular formula is C15H26N4O. The molecule has 0 radical (unpaired) electrons. The summed E-state index contributed by atoms with van der Waals surface area (Å²) in [6.45, 7) is 3.60. The van der Waals surface area contributed by atoms with Crippen molar-refractivity contribution < 1.29 is 4.74 Å². The van der Waals surface area contributed by atoms with E-state index in [0.29, 0.717) is 12.0 Å². The Balaban J connectivity index is 1.89. The summed E-state index contributed by atoms with van der Waals surface area (Å²) < 4.78 is 5.03. The lowest BCUT2D eigenvalue weighted by Gasteiger charge is -2.23. The zero-order valence-electron chi connectivity index (χ0n) is 12.6. The molecule has 1 fully saturated rings. The number of hydrogen-bond donors (Lipinski definition) is 2. The monoisotopic (exact) mass is 278 g/mol. The van der Waals surface area contributed by atoms with Crippen LogP contribution in [-0.2, 0) is 4.74 Å². The van der Waals surface area contributed by atoms with Crippen LogP contribution < -0.4 is 10.6 Å². The van der Waals surface area contributed by atoms with Gasteiger partial charge in [0.15, 0.2) is 0 Å². The van der Waals surface area contributed by atoms with Crippen molar-refractivity contribution in [3.63, 3.8) is 0 Å². The summed E-state index contributed by atoms with van der Waals surface area (Å²) in [5.74, 6) is 1.65. The number of nitrogens with one attached hydrogen (secondary N) is 2. The highest BCUT2D eigenvalue weighted by atomic mass is 16.5. The van der Waals surface area contributed by atoms with Crippen LogP contribution in [0.15, 0.2) is 6.07 Å². The van der Waals surface area contributed by atoms with Gasteiger partial charge >= 0.3 is 0 Å². The summed E-state index contributed by atoms with van der Waals surface area (Å²) >= 11 is 0. The quantitative estimate of drug-likeness (QED) is 0.751. The van der Waals surface area contributed by atoms with E-state index in [4.69, 9.17) is 4.74 Å². The molecule has 1 aliphatic rings. The molecule has 1 heterocycles. The lowest BCUT2D eigenvalue weighted by molar-refractivity contribution is 0.197. The normalized spacial score (nSPS) is 16.1. The fourth-order valence-electron chi connectivity index (χ4n) is 2.59. The molecule has 1 aliphatic carbocycles. The zero-order valence-corrected chi connectivity index (χ0v) is 12.6. The van der Waals surface area contributed by atoms with Gasteiger partial charge in [-0.05, 0) is 26.2 Å². The molecule has 0 amide bonds. The summed E-state index contributed by atoms with van der Waals surface area (Å²) in [6, 6.07) is 2.59. The van der Waals surface area contributed by atoms with E-state index in [2.05, 4.69) is 20.6 Å². The molecule has 0 atom stereocenters. The molecule has 0 saturated heterocycles. The fraction of sp³-hybridized carbons (Fsp3) is 0.733. The molecule has 0 bridgehead atoms. The Hall–Kier alpha value is -1.36. The van der Waals surface area contributed by atoms with Crippen molar-refractivity contribution in [3.8, 4) is 0 Å². The summed E-state index contributed by atoms with van der Waals surface area (Å²) in [4.78, 5) is 8.97. The first-order valence-corrected chi connectivity index (χ1v) is 7.63. The van der Waals surface area contributed by atoms with Crippen molar-refractivity contribution in [2.24, 2.45) is 0 Å². The second-order valence-corrected chi connectivity index (χ2v) is 5.47. The molecule has 20 heavy (non-hydrogen) atoms. The minimum absolute atomic E-state index is 0.569. The predicted octanol–water partition coefficient (Wildman–Crippen LogP) is 2.98. The number of methoxy groups -OCH3 is 1. The molecule has 0 aliphatic heterocycles. The highest BCUT2D eigenvalue weighted by molar-refractivity contribution is 5.42. The van der Waals surface area contributed by atoms with Crippen molar-refractivity contribution >= 4 is 11.8 Å². The maximum atomic E-state index is 5.03. The summed E-state index contributed by atoms with van der Waals surface area (Å²) in [5.41, 5.74) is 0.993. The largest absolute Gasteiger partial charge is 0.385 e. The third kappa shape index (κ3) is 4.96. The van der Waals surface area contributed by atoms with Gasteiger partial charge in [0, 0.05) is 38.1 Å². The molecule has 112 valence electrons. The Morgan fingerprint density at radius 3 is 2.80 bits per heavy atom. The third-order valence-corrected chi connectivity index (χ3v) is 3.62. The molecule has 1 saturated carbocycles. The number of ether oxygens (including phenoxy) is 1. The number of hydrogen-bond acceptors (Lipinski definition) is 5. The van der Waals surface area contributed by atoms with E-state index in [1.807, 2.05) is 13.0 Å². The molecule has 1 aromatic heterocycles. The Morgan fingerprint density at radius 1 is 1.25 bits per heavy atom. The Labute approximate surface area is 121 Å². The molecular weight excluding hydrogens is 252 g/mol. The van der Waals surface area contributed by atoms with Crippen LogP contribution in [0.4, 0.5) is 11.8 Å². The first-order valence-electron chi connectivity index (χ1n) is 7.63. The number of aryl methyl sites for hydroxylation is 1. The minimum Gasteiger partial charge on any atom is -0.385 e. The first-order chi connectivity index (χ1) is 9.78. The van der Waals surface area contributed by atoms with Crippen molar-refractivity contribution in [2.45, 2.75) is 51.5 Å². The van der Waals surface area contributed by atoms with Gasteiger partial charge in [0.25, 0.3) is 0 Å². The van der Waals surface area contributed by atoms with Gasteiger partial charge in [0.05, 0.1) is 0 Å². The molecule has 2 N–H and O–H groups in total. The highest BCUT2D eigenvalue weighted by Gasteiger charge is 2.14. The zero-order chi connectivity index (χ0) is 14.2. The smallest absolute Gasteiger partial charge is 0.224 e. The van der Waals surface area contributed by atoms with Crippen molar-refractivity contribution in [3.05, 3.63) is 11.8 Å². The van der Waals surface area contributed by atoms with Gasteiger partial charge in [-0.3, -0.25) is 0 Å². The second kappa shape index (κ2) is 8.04. The van der Waals surface area contributed by atoms with Crippen LogP contribution in [0.2, 0.25) is 0 Å². The second-order valence-electron chi connectivity index (χ2n) is 5.47. The van der Waals surface area contributed by atoms with Crippen LogP contribution >= 0.6 is 0 Å². The molecule has 1 aromatic rings. The highest BCUT2D eigenvalue weighted by Crippen LogP contribution is 2.21. The molecule has 5 heteroatoms. The van der Waals surface area contributed by atoms with Gasteiger partial charge in [-0.1, -0.05) is 19.3 Å². The first kappa shape index (κ1) is 15.0. The van der Waals surface area contributed by atoms with E-state index >= 15 is 0 Å². The lowest BCUT2D eigenvalue weighted by atomic mass is 9.95. The van der Waals surface area contributed by atoms with E-state index in [9.17, 15) is 0 Å². The average molecular weight is 278 g/mol. The molecule has 2 rings (SSSR count). The van der Waals surface area contributed by atoms with Crippen molar-refractivity contribution in [2.75, 3.05) is 30.9 Å². The number of aromatic nitrogens is 2. The van der Waals surface area contributed by atoms with Crippen LogP contribution in [0, 0.1) is 6.92 Å². The van der Waals surface area contributed by atoms with E-state index in [1.165, 1.54) is 32.1 Å². The van der Waals surface area contributed by atoms with Crippen LogP contribution in [0.25, 0.3) is 0 Å². The van der Waals surface area contributed by atoms with Gasteiger partial charge in [-0.25, -0.2) is 4.98 Å². The van der Waals surface area contributed by atoms with Gasteiger partial charge in [-0.2, -0.15) is 4.98 Å². The maximum Gasteiger partial charge on any atom is 0.224 e. The van der Waals surface area contributed by atoms with Gasteiger partial charge in [0.2, 0.25) is 5.95 Å². The van der Waals surface area contributed by atoms with E-state index in [-0.39, 0.29) is 0 Å². The molecule has 0 spiro atoms. The summed E-state index contributed by atoms with van der Waals surface area (Å²) in [6.07, 6.45) is 7.47. The number of rotatable bonds is 7. The average Bonchev–Trinajstić information content (AvgIpc) is 2.44.